The second kappa shape index (κ2) is 4.22. The summed E-state index contributed by atoms with van der Waals surface area (Å²) in [4.78, 5) is 16.0. The molecule has 0 saturated carbocycles. The van der Waals surface area contributed by atoms with Crippen LogP contribution in [0.25, 0.3) is 5.69 Å². The molecule has 2 aromatic heterocycles. The molecule has 2 rings (SSSR count). The quantitative estimate of drug-likeness (QED) is 0.844. The Morgan fingerprint density at radius 2 is 2.12 bits per heavy atom. The van der Waals surface area contributed by atoms with E-state index in [2.05, 4.69) is 4.98 Å². The van der Waals surface area contributed by atoms with Crippen molar-refractivity contribution < 1.29 is 5.11 Å². The fourth-order valence-electron chi connectivity index (χ4n) is 1.71. The summed E-state index contributed by atoms with van der Waals surface area (Å²) in [5.74, 6) is -0.197. The monoisotopic (exact) mass is 250 g/mol. The van der Waals surface area contributed by atoms with Crippen molar-refractivity contribution in [1.29, 1.82) is 0 Å². The topological polar surface area (TPSA) is 55.1 Å². The summed E-state index contributed by atoms with van der Waals surface area (Å²) >= 11 is 5.76. The molecule has 0 aliphatic heterocycles. The standard InChI is InChI=1S/C12H11ClN2O2/c1-7-6-14-4-3-9(7)15-8(2)5-10(16)11(13)12(15)17/h3-6,16H,1-2H3. The van der Waals surface area contributed by atoms with Crippen molar-refractivity contribution >= 4 is 11.6 Å². The molecule has 0 aliphatic carbocycles. The Labute approximate surface area is 103 Å². The fraction of sp³-hybridized carbons (Fsp3) is 0.167. The van der Waals surface area contributed by atoms with Gasteiger partial charge in [-0.25, -0.2) is 0 Å². The van der Waals surface area contributed by atoms with Crippen molar-refractivity contribution in [2.24, 2.45) is 0 Å². The molecule has 17 heavy (non-hydrogen) atoms. The molecule has 0 spiro atoms. The third kappa shape index (κ3) is 1.91. The van der Waals surface area contributed by atoms with Gasteiger partial charge < -0.3 is 5.11 Å². The molecule has 0 atom stereocenters. The van der Waals surface area contributed by atoms with Crippen LogP contribution in [0.5, 0.6) is 5.75 Å². The van der Waals surface area contributed by atoms with Crippen LogP contribution in [0.4, 0.5) is 0 Å². The van der Waals surface area contributed by atoms with Crippen LogP contribution in [0, 0.1) is 13.8 Å². The van der Waals surface area contributed by atoms with Gasteiger partial charge in [0.05, 0.1) is 5.69 Å². The van der Waals surface area contributed by atoms with Gasteiger partial charge in [0, 0.05) is 24.2 Å². The maximum Gasteiger partial charge on any atom is 0.277 e. The van der Waals surface area contributed by atoms with E-state index in [1.165, 1.54) is 10.6 Å². The number of hydrogen-bond donors (Lipinski definition) is 1. The maximum atomic E-state index is 12.0. The Bertz CT molecular complexity index is 635. The lowest BCUT2D eigenvalue weighted by Crippen LogP contribution is -2.21. The number of nitrogens with zero attached hydrogens (tertiary/aromatic N) is 2. The van der Waals surface area contributed by atoms with Gasteiger partial charge in [0.2, 0.25) is 0 Å². The van der Waals surface area contributed by atoms with Gasteiger partial charge in [-0.05, 0) is 25.5 Å². The predicted molar refractivity (Wildman–Crippen MR) is 66.0 cm³/mol. The first kappa shape index (κ1) is 11.7. The largest absolute Gasteiger partial charge is 0.506 e. The molecule has 0 radical (unpaired) electrons. The summed E-state index contributed by atoms with van der Waals surface area (Å²) in [5, 5.41) is 9.29. The van der Waals surface area contributed by atoms with Gasteiger partial charge in [0.1, 0.15) is 10.8 Å². The SMILES string of the molecule is Cc1cnccc1-n1c(C)cc(O)c(Cl)c1=O. The van der Waals surface area contributed by atoms with Crippen LogP contribution in [0.2, 0.25) is 5.02 Å². The number of aromatic nitrogens is 2. The summed E-state index contributed by atoms with van der Waals surface area (Å²) in [6, 6.07) is 3.20. The number of aromatic hydroxyl groups is 1. The normalized spacial score (nSPS) is 10.5. The van der Waals surface area contributed by atoms with E-state index < -0.39 is 5.56 Å². The van der Waals surface area contributed by atoms with E-state index in [4.69, 9.17) is 11.6 Å². The molecule has 88 valence electrons. The van der Waals surface area contributed by atoms with Crippen molar-refractivity contribution in [2.45, 2.75) is 13.8 Å². The number of rotatable bonds is 1. The van der Waals surface area contributed by atoms with E-state index in [1.807, 2.05) is 6.92 Å². The summed E-state index contributed by atoms with van der Waals surface area (Å²) in [6.45, 7) is 3.59. The number of pyridine rings is 2. The summed E-state index contributed by atoms with van der Waals surface area (Å²) in [7, 11) is 0. The lowest BCUT2D eigenvalue weighted by atomic mass is 10.2. The molecule has 0 aromatic carbocycles. The summed E-state index contributed by atoms with van der Waals surface area (Å²) < 4.78 is 1.46. The molecule has 0 saturated heterocycles. The van der Waals surface area contributed by atoms with Crippen LogP contribution in [-0.2, 0) is 0 Å². The van der Waals surface area contributed by atoms with Crippen LogP contribution in [0.3, 0.4) is 0 Å². The molecule has 2 heterocycles. The summed E-state index contributed by atoms with van der Waals surface area (Å²) in [5.41, 5.74) is 1.76. The number of hydrogen-bond acceptors (Lipinski definition) is 3. The highest BCUT2D eigenvalue weighted by Gasteiger charge is 2.12. The van der Waals surface area contributed by atoms with E-state index in [0.29, 0.717) is 11.4 Å². The minimum absolute atomic E-state index is 0.174. The first-order valence-corrected chi connectivity index (χ1v) is 5.42. The second-order valence-electron chi connectivity index (χ2n) is 3.79. The average molecular weight is 251 g/mol. The number of aryl methyl sites for hydroxylation is 2. The maximum absolute atomic E-state index is 12.0. The fourth-order valence-corrected chi connectivity index (χ4v) is 1.85. The van der Waals surface area contributed by atoms with Gasteiger partial charge in [0.25, 0.3) is 5.56 Å². The van der Waals surface area contributed by atoms with Gasteiger partial charge in [-0.15, -0.1) is 0 Å². The lowest BCUT2D eigenvalue weighted by Gasteiger charge is -2.13. The third-order valence-electron chi connectivity index (χ3n) is 2.55. The zero-order chi connectivity index (χ0) is 12.6. The van der Waals surface area contributed by atoms with Crippen molar-refractivity contribution in [3.05, 3.63) is 51.2 Å². The highest BCUT2D eigenvalue weighted by atomic mass is 35.5. The van der Waals surface area contributed by atoms with Crippen molar-refractivity contribution in [2.75, 3.05) is 0 Å². The van der Waals surface area contributed by atoms with E-state index in [9.17, 15) is 9.90 Å². The lowest BCUT2D eigenvalue weighted by molar-refractivity contribution is 0.472. The second-order valence-corrected chi connectivity index (χ2v) is 4.17. The van der Waals surface area contributed by atoms with Gasteiger partial charge >= 0.3 is 0 Å². The molecule has 4 nitrogen and oxygen atoms in total. The van der Waals surface area contributed by atoms with Gasteiger partial charge in [-0.2, -0.15) is 0 Å². The van der Waals surface area contributed by atoms with Crippen LogP contribution >= 0.6 is 11.6 Å². The molecule has 0 bridgehead atoms. The molecule has 0 aliphatic rings. The molecule has 0 fully saturated rings. The van der Waals surface area contributed by atoms with E-state index in [1.54, 1.807) is 25.4 Å². The average Bonchev–Trinajstić information content (AvgIpc) is 2.29. The molecular formula is C12H11ClN2O2. The van der Waals surface area contributed by atoms with E-state index in [0.717, 1.165) is 5.56 Å². The molecular weight excluding hydrogens is 240 g/mol. The highest BCUT2D eigenvalue weighted by Crippen LogP contribution is 2.22. The predicted octanol–water partition coefficient (Wildman–Crippen LogP) is 2.21. The van der Waals surface area contributed by atoms with E-state index >= 15 is 0 Å². The van der Waals surface area contributed by atoms with Gasteiger partial charge in [0.15, 0.2) is 0 Å². The minimum Gasteiger partial charge on any atom is -0.506 e. The number of halogens is 1. The van der Waals surface area contributed by atoms with Crippen molar-refractivity contribution in [1.82, 2.24) is 9.55 Å². The van der Waals surface area contributed by atoms with Crippen LogP contribution < -0.4 is 5.56 Å². The summed E-state index contributed by atoms with van der Waals surface area (Å²) in [6.07, 6.45) is 3.27. The van der Waals surface area contributed by atoms with Gasteiger partial charge in [-0.3, -0.25) is 14.3 Å². The van der Waals surface area contributed by atoms with Crippen LogP contribution in [-0.4, -0.2) is 14.7 Å². The molecule has 1 N–H and O–H groups in total. The molecule has 0 amide bonds. The van der Waals surface area contributed by atoms with Crippen molar-refractivity contribution in [3.63, 3.8) is 0 Å². The smallest absolute Gasteiger partial charge is 0.277 e. The zero-order valence-electron chi connectivity index (χ0n) is 9.44. The molecule has 5 heteroatoms. The van der Waals surface area contributed by atoms with E-state index in [-0.39, 0.29) is 10.8 Å². The van der Waals surface area contributed by atoms with Crippen molar-refractivity contribution in [3.8, 4) is 11.4 Å². The Kier molecular flexibility index (Phi) is 2.90. The Morgan fingerprint density at radius 3 is 2.76 bits per heavy atom. The Hall–Kier alpha value is -1.81. The molecule has 0 unspecified atom stereocenters. The Morgan fingerprint density at radius 1 is 1.41 bits per heavy atom. The highest BCUT2D eigenvalue weighted by molar-refractivity contribution is 6.31. The van der Waals surface area contributed by atoms with Crippen LogP contribution in [0.15, 0.2) is 29.3 Å². The first-order valence-electron chi connectivity index (χ1n) is 5.04. The van der Waals surface area contributed by atoms with Gasteiger partial charge in [-0.1, -0.05) is 11.6 Å². The molecule has 2 aromatic rings. The Balaban J connectivity index is 2.82. The zero-order valence-corrected chi connectivity index (χ0v) is 10.2. The van der Waals surface area contributed by atoms with Crippen LogP contribution in [0.1, 0.15) is 11.3 Å². The first-order chi connectivity index (χ1) is 8.02. The minimum atomic E-state index is -0.432. The third-order valence-corrected chi connectivity index (χ3v) is 2.90.